The van der Waals surface area contributed by atoms with Crippen molar-refractivity contribution < 1.29 is 22.5 Å². The molecule has 4 aromatic rings. The Kier molecular flexibility index (Phi) is 4.26. The molecule has 0 radical (unpaired) electrons. The minimum atomic E-state index is -4.71. The van der Waals surface area contributed by atoms with Crippen LogP contribution in [0.25, 0.3) is 17.0 Å². The van der Waals surface area contributed by atoms with E-state index < -0.39 is 12.1 Å². The molecule has 0 spiro atoms. The number of pyridine rings is 2. The Morgan fingerprint density at radius 3 is 2.71 bits per heavy atom. The van der Waals surface area contributed by atoms with Crippen LogP contribution in [0.1, 0.15) is 22.1 Å². The first-order valence-electron chi connectivity index (χ1n) is 7.98. The summed E-state index contributed by atoms with van der Waals surface area (Å²) in [4.78, 5) is 23.7. The lowest BCUT2D eigenvalue weighted by molar-refractivity contribution is -0.159. The number of rotatable bonds is 4. The molecular formula is C17H11F3N6O2. The third kappa shape index (κ3) is 3.54. The minimum absolute atomic E-state index is 0.160. The van der Waals surface area contributed by atoms with Crippen LogP contribution < -0.4 is 5.32 Å². The van der Waals surface area contributed by atoms with Crippen molar-refractivity contribution in [1.82, 2.24) is 29.8 Å². The summed E-state index contributed by atoms with van der Waals surface area (Å²) in [5.41, 5.74) is 1.72. The average molecular weight is 388 g/mol. The maximum Gasteiger partial charge on any atom is 0.471 e. The molecular weight excluding hydrogens is 377 g/mol. The van der Waals surface area contributed by atoms with Gasteiger partial charge in [0.05, 0.1) is 12.2 Å². The van der Waals surface area contributed by atoms with Gasteiger partial charge in [0.2, 0.25) is 5.82 Å². The van der Waals surface area contributed by atoms with E-state index in [4.69, 9.17) is 0 Å². The van der Waals surface area contributed by atoms with Crippen molar-refractivity contribution in [3.05, 3.63) is 66.2 Å². The molecule has 4 rings (SSSR count). The van der Waals surface area contributed by atoms with Gasteiger partial charge in [0.25, 0.3) is 5.91 Å². The summed E-state index contributed by atoms with van der Waals surface area (Å²) in [5.74, 6) is -1.94. The Balaban J connectivity index is 1.52. The molecule has 0 bridgehead atoms. The molecule has 0 aliphatic heterocycles. The summed E-state index contributed by atoms with van der Waals surface area (Å²) >= 11 is 0. The summed E-state index contributed by atoms with van der Waals surface area (Å²) < 4.78 is 43.6. The Bertz CT molecular complexity index is 1140. The molecule has 8 nitrogen and oxygen atoms in total. The number of carbonyl (C=O) groups is 1. The van der Waals surface area contributed by atoms with Crippen molar-refractivity contribution in [3.63, 3.8) is 0 Å². The highest BCUT2D eigenvalue weighted by molar-refractivity contribution is 5.92. The molecule has 0 unspecified atom stereocenters. The molecule has 4 aromatic heterocycles. The van der Waals surface area contributed by atoms with Crippen LogP contribution in [0.4, 0.5) is 13.2 Å². The molecule has 1 N–H and O–H groups in total. The van der Waals surface area contributed by atoms with Crippen LogP contribution in [0.5, 0.6) is 0 Å². The molecule has 0 saturated heterocycles. The van der Waals surface area contributed by atoms with Crippen molar-refractivity contribution in [1.29, 1.82) is 0 Å². The molecule has 28 heavy (non-hydrogen) atoms. The predicted molar refractivity (Wildman–Crippen MR) is 88.9 cm³/mol. The van der Waals surface area contributed by atoms with Gasteiger partial charge in [-0.3, -0.25) is 9.78 Å². The van der Waals surface area contributed by atoms with Crippen molar-refractivity contribution in [2.45, 2.75) is 12.7 Å². The molecule has 0 aliphatic carbocycles. The summed E-state index contributed by atoms with van der Waals surface area (Å²) in [6.45, 7) is 0.160. The highest BCUT2D eigenvalue weighted by Gasteiger charge is 2.38. The smallest absolute Gasteiger partial charge is 0.345 e. The number of fused-ring (bicyclic) bond motifs is 1. The molecule has 0 fully saturated rings. The summed E-state index contributed by atoms with van der Waals surface area (Å²) in [7, 11) is 0. The largest absolute Gasteiger partial charge is 0.471 e. The van der Waals surface area contributed by atoms with E-state index in [1.54, 1.807) is 34.9 Å². The second-order valence-electron chi connectivity index (χ2n) is 5.73. The van der Waals surface area contributed by atoms with Crippen LogP contribution in [-0.4, -0.2) is 30.4 Å². The third-order valence-electron chi connectivity index (χ3n) is 3.76. The lowest BCUT2D eigenvalue weighted by Gasteiger charge is -2.01. The van der Waals surface area contributed by atoms with E-state index in [0.717, 1.165) is 0 Å². The van der Waals surface area contributed by atoms with Gasteiger partial charge in [-0.25, -0.2) is 4.98 Å². The second-order valence-corrected chi connectivity index (χ2v) is 5.73. The fourth-order valence-corrected chi connectivity index (χ4v) is 2.48. The van der Waals surface area contributed by atoms with Gasteiger partial charge in [0, 0.05) is 24.2 Å². The average Bonchev–Trinajstić information content (AvgIpc) is 3.32. The molecule has 0 aliphatic rings. The zero-order valence-corrected chi connectivity index (χ0v) is 14.0. The summed E-state index contributed by atoms with van der Waals surface area (Å²) in [5, 5.41) is 6.06. The number of alkyl halides is 3. The van der Waals surface area contributed by atoms with Gasteiger partial charge in [0.1, 0.15) is 11.3 Å². The summed E-state index contributed by atoms with van der Waals surface area (Å²) in [6, 6.07) is 8.13. The predicted octanol–water partition coefficient (Wildman–Crippen LogP) is 2.73. The number of halogens is 3. The first-order valence-corrected chi connectivity index (χ1v) is 7.98. The number of carbonyl (C=O) groups excluding carboxylic acids is 1. The first-order chi connectivity index (χ1) is 13.4. The number of nitrogens with one attached hydrogen (secondary N) is 1. The van der Waals surface area contributed by atoms with Crippen LogP contribution in [0.2, 0.25) is 0 Å². The van der Waals surface area contributed by atoms with E-state index >= 15 is 0 Å². The lowest BCUT2D eigenvalue weighted by Crippen LogP contribution is -2.23. The fourth-order valence-electron chi connectivity index (χ4n) is 2.48. The Labute approximate surface area is 155 Å². The Hall–Kier alpha value is -3.76. The fraction of sp³-hybridized carbons (Fsp3) is 0.118. The minimum Gasteiger partial charge on any atom is -0.345 e. The molecule has 0 aromatic carbocycles. The highest BCUT2D eigenvalue weighted by Crippen LogP contribution is 2.29. The van der Waals surface area contributed by atoms with Gasteiger partial charge in [-0.2, -0.15) is 18.2 Å². The van der Waals surface area contributed by atoms with E-state index in [2.05, 4.69) is 29.9 Å². The lowest BCUT2D eigenvalue weighted by atomic mass is 10.3. The van der Waals surface area contributed by atoms with Crippen molar-refractivity contribution in [2.75, 3.05) is 0 Å². The van der Waals surface area contributed by atoms with Crippen molar-refractivity contribution >= 4 is 11.6 Å². The molecule has 0 atom stereocenters. The molecule has 1 amide bonds. The number of hydrogen-bond acceptors (Lipinski definition) is 6. The van der Waals surface area contributed by atoms with E-state index in [1.807, 2.05) is 0 Å². The van der Waals surface area contributed by atoms with Gasteiger partial charge in [-0.15, -0.1) is 0 Å². The van der Waals surface area contributed by atoms with Gasteiger partial charge in [-0.1, -0.05) is 11.2 Å². The van der Waals surface area contributed by atoms with E-state index in [9.17, 15) is 18.0 Å². The van der Waals surface area contributed by atoms with Gasteiger partial charge >= 0.3 is 12.1 Å². The van der Waals surface area contributed by atoms with Crippen LogP contribution in [0.15, 0.2) is 53.4 Å². The van der Waals surface area contributed by atoms with E-state index in [-0.39, 0.29) is 24.0 Å². The van der Waals surface area contributed by atoms with Gasteiger partial charge in [-0.05, 0) is 24.3 Å². The Morgan fingerprint density at radius 2 is 2.00 bits per heavy atom. The monoisotopic (exact) mass is 388 g/mol. The van der Waals surface area contributed by atoms with E-state index in [0.29, 0.717) is 16.9 Å². The standard InChI is InChI=1S/C17H11F3N6O2/c18-17(19,20)16-24-14(25-28-16)10-4-5-13-23-11(9-26(13)8-10)7-22-15(27)12-3-1-2-6-21-12/h1-6,8-9H,7H2,(H,22,27). The number of aromatic nitrogens is 5. The highest BCUT2D eigenvalue weighted by atomic mass is 19.4. The zero-order valence-electron chi connectivity index (χ0n) is 14.0. The normalized spacial score (nSPS) is 11.7. The maximum absolute atomic E-state index is 12.6. The van der Waals surface area contributed by atoms with Crippen LogP contribution in [0.3, 0.4) is 0 Å². The number of hydrogen-bond donors (Lipinski definition) is 1. The zero-order chi connectivity index (χ0) is 19.7. The molecule has 11 heteroatoms. The van der Waals surface area contributed by atoms with Crippen molar-refractivity contribution in [3.8, 4) is 11.4 Å². The van der Waals surface area contributed by atoms with Crippen molar-refractivity contribution in [2.24, 2.45) is 0 Å². The van der Waals surface area contributed by atoms with Crippen LogP contribution in [0, 0.1) is 0 Å². The molecule has 4 heterocycles. The number of nitrogens with zero attached hydrogens (tertiary/aromatic N) is 5. The topological polar surface area (TPSA) is 98.2 Å². The van der Waals surface area contributed by atoms with Crippen LogP contribution in [-0.2, 0) is 12.7 Å². The number of amides is 1. The van der Waals surface area contributed by atoms with Crippen LogP contribution >= 0.6 is 0 Å². The second kappa shape index (κ2) is 6.76. The third-order valence-corrected chi connectivity index (χ3v) is 3.76. The number of imidazole rings is 1. The molecule has 0 saturated carbocycles. The Morgan fingerprint density at radius 1 is 1.14 bits per heavy atom. The van der Waals surface area contributed by atoms with Gasteiger partial charge in [0.15, 0.2) is 0 Å². The maximum atomic E-state index is 12.6. The quantitative estimate of drug-likeness (QED) is 0.577. The first kappa shape index (κ1) is 17.6. The molecule has 142 valence electrons. The van der Waals surface area contributed by atoms with E-state index in [1.165, 1.54) is 18.5 Å². The summed E-state index contributed by atoms with van der Waals surface area (Å²) in [6.07, 6.45) is -0.0213. The SMILES string of the molecule is O=C(NCc1cn2cc(-c3noc(C(F)(F)F)n3)ccc2n1)c1ccccn1. The van der Waals surface area contributed by atoms with Gasteiger partial charge < -0.3 is 14.2 Å².